The van der Waals surface area contributed by atoms with Gasteiger partial charge in [-0.15, -0.1) is 10.2 Å². The summed E-state index contributed by atoms with van der Waals surface area (Å²) < 4.78 is 5.83. The lowest BCUT2D eigenvalue weighted by Gasteiger charge is -2.09. The average molecular weight is 266 g/mol. The van der Waals surface area contributed by atoms with Crippen LogP contribution in [0.5, 0.6) is 5.75 Å². The molecule has 5 nitrogen and oxygen atoms in total. The van der Waals surface area contributed by atoms with Crippen molar-refractivity contribution >= 4 is 0 Å². The number of H-pyrrole nitrogens is 1. The number of hydrogen-bond donors (Lipinski definition) is 1. The van der Waals surface area contributed by atoms with Crippen LogP contribution in [-0.4, -0.2) is 20.6 Å². The fraction of sp³-hybridized carbons (Fsp3) is 0.133. The molecule has 1 aromatic heterocycles. The molecule has 0 amide bonds. The van der Waals surface area contributed by atoms with Crippen molar-refractivity contribution in [2.24, 2.45) is 0 Å². The van der Waals surface area contributed by atoms with Crippen LogP contribution in [0.25, 0.3) is 11.4 Å². The molecule has 0 spiro atoms. The van der Waals surface area contributed by atoms with E-state index in [1.54, 1.807) is 0 Å². The Morgan fingerprint density at radius 1 is 1.10 bits per heavy atom. The highest BCUT2D eigenvalue weighted by molar-refractivity contribution is 5.56. The van der Waals surface area contributed by atoms with Crippen molar-refractivity contribution in [1.29, 1.82) is 0 Å². The number of nitrogens with zero attached hydrogens (tertiary/aromatic N) is 3. The Hall–Kier alpha value is -2.69. The number of rotatable bonds is 4. The largest absolute Gasteiger partial charge is 0.489 e. The Morgan fingerprint density at radius 3 is 2.80 bits per heavy atom. The predicted octanol–water partition coefficient (Wildman–Crippen LogP) is 2.75. The smallest absolute Gasteiger partial charge is 0.204 e. The Balaban J connectivity index is 1.75. The molecule has 1 N–H and O–H groups in total. The van der Waals surface area contributed by atoms with E-state index in [-0.39, 0.29) is 0 Å². The molecule has 5 heteroatoms. The topological polar surface area (TPSA) is 63.7 Å². The molecule has 0 bridgehead atoms. The molecule has 3 aromatic rings. The number of aromatic nitrogens is 4. The minimum Gasteiger partial charge on any atom is -0.489 e. The summed E-state index contributed by atoms with van der Waals surface area (Å²) in [5, 5.41) is 13.9. The highest BCUT2D eigenvalue weighted by atomic mass is 16.5. The van der Waals surface area contributed by atoms with E-state index < -0.39 is 0 Å². The van der Waals surface area contributed by atoms with Gasteiger partial charge in [-0.05, 0) is 35.4 Å². The monoisotopic (exact) mass is 266 g/mol. The van der Waals surface area contributed by atoms with E-state index in [2.05, 4.69) is 39.7 Å². The second kappa shape index (κ2) is 5.52. The molecular formula is C15H14N4O. The van der Waals surface area contributed by atoms with Crippen LogP contribution in [-0.2, 0) is 6.61 Å². The lowest BCUT2D eigenvalue weighted by molar-refractivity contribution is 0.305. The number of ether oxygens (including phenoxy) is 1. The van der Waals surface area contributed by atoms with Crippen molar-refractivity contribution in [1.82, 2.24) is 20.6 Å². The third-order valence-electron chi connectivity index (χ3n) is 3.09. The minimum absolute atomic E-state index is 0.544. The van der Waals surface area contributed by atoms with Crippen molar-refractivity contribution in [3.8, 4) is 17.1 Å². The fourth-order valence-corrected chi connectivity index (χ4v) is 1.94. The van der Waals surface area contributed by atoms with Crippen LogP contribution in [0.1, 0.15) is 11.1 Å². The number of aromatic amines is 1. The molecule has 0 aliphatic carbocycles. The maximum atomic E-state index is 5.83. The highest BCUT2D eigenvalue weighted by Crippen LogP contribution is 2.21. The maximum absolute atomic E-state index is 5.83. The zero-order valence-electron chi connectivity index (χ0n) is 11.1. The van der Waals surface area contributed by atoms with Crippen molar-refractivity contribution in [2.75, 3.05) is 0 Å². The van der Waals surface area contributed by atoms with E-state index in [0.717, 1.165) is 11.3 Å². The highest BCUT2D eigenvalue weighted by Gasteiger charge is 2.05. The number of hydrogen-bond acceptors (Lipinski definition) is 4. The average Bonchev–Trinajstić information content (AvgIpc) is 3.01. The van der Waals surface area contributed by atoms with E-state index in [9.17, 15) is 0 Å². The zero-order chi connectivity index (χ0) is 13.8. The van der Waals surface area contributed by atoms with Gasteiger partial charge < -0.3 is 4.74 Å². The molecule has 3 rings (SSSR count). The van der Waals surface area contributed by atoms with Crippen LogP contribution in [0.15, 0.2) is 48.5 Å². The van der Waals surface area contributed by atoms with Gasteiger partial charge in [-0.2, -0.15) is 5.21 Å². The molecule has 0 unspecified atom stereocenters. The van der Waals surface area contributed by atoms with Crippen LogP contribution < -0.4 is 4.74 Å². The molecule has 0 aliphatic rings. The lowest BCUT2D eigenvalue weighted by atomic mass is 10.1. The molecule has 0 fully saturated rings. The zero-order valence-corrected chi connectivity index (χ0v) is 11.1. The molecule has 0 aliphatic heterocycles. The minimum atomic E-state index is 0.544. The summed E-state index contributed by atoms with van der Waals surface area (Å²) in [4.78, 5) is 0. The number of aryl methyl sites for hydroxylation is 1. The van der Waals surface area contributed by atoms with Gasteiger partial charge in [-0.1, -0.05) is 36.4 Å². The molecule has 0 saturated heterocycles. The summed E-state index contributed by atoms with van der Waals surface area (Å²) in [6.45, 7) is 2.62. The van der Waals surface area contributed by atoms with Gasteiger partial charge in [0.1, 0.15) is 12.4 Å². The summed E-state index contributed by atoms with van der Waals surface area (Å²) in [5.74, 6) is 1.35. The Labute approximate surface area is 116 Å². The maximum Gasteiger partial charge on any atom is 0.204 e. The summed E-state index contributed by atoms with van der Waals surface area (Å²) in [7, 11) is 0. The molecule has 0 atom stereocenters. The Morgan fingerprint density at radius 2 is 2.00 bits per heavy atom. The fourth-order valence-electron chi connectivity index (χ4n) is 1.94. The second-order valence-electron chi connectivity index (χ2n) is 4.48. The first-order valence-corrected chi connectivity index (χ1v) is 6.34. The first-order valence-electron chi connectivity index (χ1n) is 6.34. The third kappa shape index (κ3) is 2.66. The Kier molecular flexibility index (Phi) is 3.41. The predicted molar refractivity (Wildman–Crippen MR) is 75.1 cm³/mol. The van der Waals surface area contributed by atoms with Crippen molar-refractivity contribution in [3.05, 3.63) is 59.7 Å². The molecular weight excluding hydrogens is 252 g/mol. The molecule has 100 valence electrons. The van der Waals surface area contributed by atoms with Crippen molar-refractivity contribution in [2.45, 2.75) is 13.5 Å². The SMILES string of the molecule is Cc1ccccc1COc1cccc(-c2nn[nH]n2)c1. The van der Waals surface area contributed by atoms with Crippen molar-refractivity contribution in [3.63, 3.8) is 0 Å². The standard InChI is InChI=1S/C15H14N4O/c1-11-5-2-3-6-13(11)10-20-14-8-4-7-12(9-14)15-16-18-19-17-15/h2-9H,10H2,1H3,(H,16,17,18,19). The number of tetrazole rings is 1. The van der Waals surface area contributed by atoms with E-state index in [1.807, 2.05) is 36.4 Å². The van der Waals surface area contributed by atoms with Crippen LogP contribution in [0, 0.1) is 6.92 Å². The van der Waals surface area contributed by atoms with E-state index in [0.29, 0.717) is 12.4 Å². The number of nitrogens with one attached hydrogen (secondary N) is 1. The normalized spacial score (nSPS) is 10.4. The molecule has 0 saturated carbocycles. The Bertz CT molecular complexity index is 695. The number of benzene rings is 2. The molecule has 1 heterocycles. The summed E-state index contributed by atoms with van der Waals surface area (Å²) in [5.41, 5.74) is 3.28. The van der Waals surface area contributed by atoms with Gasteiger partial charge in [-0.3, -0.25) is 0 Å². The van der Waals surface area contributed by atoms with Gasteiger partial charge >= 0.3 is 0 Å². The van der Waals surface area contributed by atoms with Crippen LogP contribution in [0.4, 0.5) is 0 Å². The molecule has 0 radical (unpaired) electrons. The molecule has 2 aromatic carbocycles. The third-order valence-corrected chi connectivity index (χ3v) is 3.09. The summed E-state index contributed by atoms with van der Waals surface area (Å²) >= 11 is 0. The van der Waals surface area contributed by atoms with Crippen molar-refractivity contribution < 1.29 is 4.74 Å². The van der Waals surface area contributed by atoms with E-state index >= 15 is 0 Å². The van der Waals surface area contributed by atoms with Crippen LogP contribution in [0.3, 0.4) is 0 Å². The van der Waals surface area contributed by atoms with Gasteiger partial charge in [0.05, 0.1) is 0 Å². The summed E-state index contributed by atoms with van der Waals surface area (Å²) in [6.07, 6.45) is 0. The first kappa shape index (κ1) is 12.3. The van der Waals surface area contributed by atoms with Crippen LogP contribution >= 0.6 is 0 Å². The van der Waals surface area contributed by atoms with Gasteiger partial charge in [0, 0.05) is 5.56 Å². The van der Waals surface area contributed by atoms with Gasteiger partial charge in [0.25, 0.3) is 0 Å². The van der Waals surface area contributed by atoms with Gasteiger partial charge in [-0.25, -0.2) is 0 Å². The van der Waals surface area contributed by atoms with Gasteiger partial charge in [0.2, 0.25) is 5.82 Å². The lowest BCUT2D eigenvalue weighted by Crippen LogP contribution is -1.97. The molecule has 20 heavy (non-hydrogen) atoms. The van der Waals surface area contributed by atoms with Crippen LogP contribution in [0.2, 0.25) is 0 Å². The van der Waals surface area contributed by atoms with E-state index in [4.69, 9.17) is 4.74 Å². The summed E-state index contributed by atoms with van der Waals surface area (Å²) in [6, 6.07) is 15.8. The van der Waals surface area contributed by atoms with E-state index in [1.165, 1.54) is 11.1 Å². The second-order valence-corrected chi connectivity index (χ2v) is 4.48. The van der Waals surface area contributed by atoms with Gasteiger partial charge in [0.15, 0.2) is 0 Å². The quantitative estimate of drug-likeness (QED) is 0.788. The first-order chi connectivity index (χ1) is 9.83.